The Bertz CT molecular complexity index is 1410. The molecule has 0 saturated heterocycles. The molecule has 41 heavy (non-hydrogen) atoms. The van der Waals surface area contributed by atoms with Gasteiger partial charge in [-0.25, -0.2) is 9.67 Å². The van der Waals surface area contributed by atoms with E-state index in [2.05, 4.69) is 20.7 Å². The lowest BCUT2D eigenvalue weighted by molar-refractivity contribution is -0.139. The quantitative estimate of drug-likeness (QED) is 0.313. The third kappa shape index (κ3) is 5.44. The number of nitrogens with one attached hydrogen (secondary N) is 2. The zero-order valence-corrected chi connectivity index (χ0v) is 23.7. The standard InChI is InChI=1S/C30H33ClF3N5O2/c1-16-25(28(40)36-8-7-35-26-20-10-17-9-18(12-20)13-21(26)11-17)38-39(27(16)19-3-5-22(31)6-4-19)23-14-24(30(32,33)34)29(41-2)37-15-23/h3-6,14-15,17-18,20-21,26,35H,7-13H2,1-2H3,(H,36,40)/t17-,18+,20-,21+,26?. The molecule has 0 atom stereocenters. The minimum Gasteiger partial charge on any atom is -0.481 e. The van der Waals surface area contributed by atoms with Crippen LogP contribution in [-0.2, 0) is 6.18 Å². The van der Waals surface area contributed by atoms with Gasteiger partial charge < -0.3 is 15.4 Å². The van der Waals surface area contributed by atoms with Crippen LogP contribution in [0.4, 0.5) is 13.2 Å². The Balaban J connectivity index is 1.23. The molecule has 4 saturated carbocycles. The Morgan fingerprint density at radius 3 is 2.34 bits per heavy atom. The van der Waals surface area contributed by atoms with Gasteiger partial charge in [-0.05, 0) is 80.9 Å². The fraction of sp³-hybridized carbons (Fsp3) is 0.500. The van der Waals surface area contributed by atoms with Crippen molar-refractivity contribution in [2.24, 2.45) is 23.7 Å². The van der Waals surface area contributed by atoms with Gasteiger partial charge >= 0.3 is 6.18 Å². The van der Waals surface area contributed by atoms with Crippen molar-refractivity contribution < 1.29 is 22.7 Å². The molecule has 4 fully saturated rings. The van der Waals surface area contributed by atoms with Gasteiger partial charge in [0.1, 0.15) is 5.56 Å². The summed E-state index contributed by atoms with van der Waals surface area (Å²) in [4.78, 5) is 17.2. The lowest BCUT2D eigenvalue weighted by Crippen LogP contribution is -2.55. The zero-order valence-electron chi connectivity index (χ0n) is 23.0. The molecule has 4 bridgehead atoms. The van der Waals surface area contributed by atoms with E-state index in [1.54, 1.807) is 31.2 Å². The van der Waals surface area contributed by atoms with Crippen LogP contribution in [0.2, 0.25) is 5.02 Å². The van der Waals surface area contributed by atoms with Gasteiger partial charge in [-0.15, -0.1) is 0 Å². The van der Waals surface area contributed by atoms with Gasteiger partial charge in [-0.3, -0.25) is 4.79 Å². The van der Waals surface area contributed by atoms with Crippen molar-refractivity contribution in [3.8, 4) is 22.8 Å². The number of nitrogens with zero attached hydrogens (tertiary/aromatic N) is 3. The largest absolute Gasteiger partial charge is 0.481 e. The number of hydrogen-bond donors (Lipinski definition) is 2. The minimum atomic E-state index is -4.69. The second-order valence-corrected chi connectivity index (χ2v) is 12.1. The van der Waals surface area contributed by atoms with Gasteiger partial charge in [0.2, 0.25) is 5.88 Å². The molecule has 11 heteroatoms. The van der Waals surface area contributed by atoms with E-state index in [9.17, 15) is 18.0 Å². The number of hydrogen-bond acceptors (Lipinski definition) is 5. The zero-order chi connectivity index (χ0) is 28.9. The third-order valence-corrected chi connectivity index (χ3v) is 9.30. The first-order chi connectivity index (χ1) is 19.6. The number of benzene rings is 1. The molecule has 218 valence electrons. The fourth-order valence-electron chi connectivity index (χ4n) is 7.52. The van der Waals surface area contributed by atoms with Crippen LogP contribution in [0.15, 0.2) is 36.5 Å². The third-order valence-electron chi connectivity index (χ3n) is 9.05. The number of rotatable bonds is 8. The summed E-state index contributed by atoms with van der Waals surface area (Å²) in [7, 11) is 1.13. The van der Waals surface area contributed by atoms with E-state index in [4.69, 9.17) is 16.3 Å². The van der Waals surface area contributed by atoms with Crippen molar-refractivity contribution in [1.29, 1.82) is 0 Å². The predicted molar refractivity (Wildman–Crippen MR) is 149 cm³/mol. The number of amides is 1. The summed E-state index contributed by atoms with van der Waals surface area (Å²) in [6.45, 7) is 2.81. The van der Waals surface area contributed by atoms with Crippen molar-refractivity contribution in [3.05, 3.63) is 58.4 Å². The second-order valence-electron chi connectivity index (χ2n) is 11.7. The van der Waals surface area contributed by atoms with E-state index >= 15 is 0 Å². The lowest BCUT2D eigenvalue weighted by atomic mass is 9.54. The summed E-state index contributed by atoms with van der Waals surface area (Å²) < 4.78 is 47.5. The van der Waals surface area contributed by atoms with Crippen molar-refractivity contribution in [1.82, 2.24) is 25.4 Å². The summed E-state index contributed by atoms with van der Waals surface area (Å²) in [5.74, 6) is 2.35. The molecule has 2 N–H and O–H groups in total. The Morgan fingerprint density at radius 1 is 1.07 bits per heavy atom. The Morgan fingerprint density at radius 2 is 1.73 bits per heavy atom. The van der Waals surface area contributed by atoms with E-state index in [1.807, 2.05) is 0 Å². The van der Waals surface area contributed by atoms with E-state index < -0.39 is 17.6 Å². The topological polar surface area (TPSA) is 81.1 Å². The Labute approximate surface area is 241 Å². The molecule has 7 rings (SSSR count). The van der Waals surface area contributed by atoms with Crippen LogP contribution in [0.5, 0.6) is 5.88 Å². The van der Waals surface area contributed by atoms with Gasteiger partial charge in [-0.2, -0.15) is 18.3 Å². The van der Waals surface area contributed by atoms with E-state index in [-0.39, 0.29) is 17.3 Å². The monoisotopic (exact) mass is 587 g/mol. The Kier molecular flexibility index (Phi) is 7.48. The maximum Gasteiger partial charge on any atom is 0.421 e. The highest BCUT2D eigenvalue weighted by Crippen LogP contribution is 2.53. The van der Waals surface area contributed by atoms with Crippen molar-refractivity contribution in [2.75, 3.05) is 20.2 Å². The SMILES string of the molecule is COc1ncc(-n2nc(C(=O)NCCNC3[C@H]4C[C@@H]5C[C@@H](C[C@H]3C5)C4)c(C)c2-c2ccc(Cl)cc2)cc1C(F)(F)F. The number of ether oxygens (including phenoxy) is 1. The maximum absolute atomic E-state index is 13.8. The van der Waals surface area contributed by atoms with Gasteiger partial charge in [-0.1, -0.05) is 23.7 Å². The minimum absolute atomic E-state index is 0.0498. The van der Waals surface area contributed by atoms with Crippen LogP contribution < -0.4 is 15.4 Å². The highest BCUT2D eigenvalue weighted by Gasteiger charge is 2.47. The van der Waals surface area contributed by atoms with Crippen LogP contribution in [-0.4, -0.2) is 46.9 Å². The molecule has 2 aromatic heterocycles. The summed E-state index contributed by atoms with van der Waals surface area (Å²) in [6, 6.07) is 8.27. The normalized spacial score (nSPS) is 25.0. The first kappa shape index (κ1) is 28.0. The first-order valence-corrected chi connectivity index (χ1v) is 14.5. The van der Waals surface area contributed by atoms with E-state index in [0.717, 1.165) is 36.8 Å². The van der Waals surface area contributed by atoms with Gasteiger partial charge in [0.25, 0.3) is 5.91 Å². The first-order valence-electron chi connectivity index (χ1n) is 14.1. The molecule has 1 aromatic carbocycles. The predicted octanol–water partition coefficient (Wildman–Crippen LogP) is 6.07. The summed E-state index contributed by atoms with van der Waals surface area (Å²) in [5, 5.41) is 11.7. The summed E-state index contributed by atoms with van der Waals surface area (Å²) in [5.41, 5.74) is 0.797. The van der Waals surface area contributed by atoms with Crippen molar-refractivity contribution in [3.63, 3.8) is 0 Å². The molecule has 0 aliphatic heterocycles. The molecule has 4 aliphatic carbocycles. The highest BCUT2D eigenvalue weighted by atomic mass is 35.5. The number of pyridine rings is 1. The molecule has 4 aliphatic rings. The van der Waals surface area contributed by atoms with E-state index in [1.165, 1.54) is 43.0 Å². The van der Waals surface area contributed by atoms with Crippen LogP contribution in [0.25, 0.3) is 16.9 Å². The lowest BCUT2D eigenvalue weighted by Gasteiger charge is -2.54. The molecule has 1 amide bonds. The number of alkyl halides is 3. The van der Waals surface area contributed by atoms with Crippen LogP contribution >= 0.6 is 11.6 Å². The molecule has 2 heterocycles. The number of methoxy groups -OCH3 is 1. The average molecular weight is 588 g/mol. The van der Waals surface area contributed by atoms with Gasteiger partial charge in [0.15, 0.2) is 5.69 Å². The maximum atomic E-state index is 13.8. The molecular weight excluding hydrogens is 555 g/mol. The van der Waals surface area contributed by atoms with Crippen molar-refractivity contribution in [2.45, 2.75) is 51.2 Å². The van der Waals surface area contributed by atoms with Crippen LogP contribution in [0.3, 0.4) is 0 Å². The fourth-order valence-corrected chi connectivity index (χ4v) is 7.65. The number of halogens is 4. The number of carbonyl (C=O) groups is 1. The van der Waals surface area contributed by atoms with Gasteiger partial charge in [0.05, 0.1) is 24.7 Å². The average Bonchev–Trinajstić information content (AvgIpc) is 3.28. The number of aromatic nitrogens is 3. The second kappa shape index (κ2) is 10.9. The molecule has 0 radical (unpaired) electrons. The Hall–Kier alpha value is -3.11. The summed E-state index contributed by atoms with van der Waals surface area (Å²) >= 11 is 6.08. The molecule has 0 unspecified atom stereocenters. The highest BCUT2D eigenvalue weighted by molar-refractivity contribution is 6.30. The van der Waals surface area contributed by atoms with Crippen LogP contribution in [0.1, 0.15) is 53.7 Å². The molecule has 7 nitrogen and oxygen atoms in total. The summed E-state index contributed by atoms with van der Waals surface area (Å²) in [6.07, 6.45) is 3.23. The number of carbonyl (C=O) groups excluding carboxylic acids is 1. The van der Waals surface area contributed by atoms with E-state index in [0.29, 0.717) is 41.0 Å². The smallest absolute Gasteiger partial charge is 0.421 e. The van der Waals surface area contributed by atoms with Crippen molar-refractivity contribution >= 4 is 17.5 Å². The molecule has 3 aromatic rings. The van der Waals surface area contributed by atoms with Gasteiger partial charge in [0, 0.05) is 35.3 Å². The molecule has 0 spiro atoms. The molecular formula is C30H33ClF3N5O2. The van der Waals surface area contributed by atoms with Crippen LogP contribution in [0, 0.1) is 30.6 Å².